The highest BCUT2D eigenvalue weighted by Crippen LogP contribution is 2.23. The van der Waals surface area contributed by atoms with E-state index in [1.165, 1.54) is 22.6 Å². The van der Waals surface area contributed by atoms with Crippen LogP contribution in [-0.4, -0.2) is 60.8 Å². The number of halogens is 1. The minimum Gasteiger partial charge on any atom is -0.471 e. The molecular formula is C19H20ClN3O4S. The van der Waals surface area contributed by atoms with Crippen LogP contribution in [0, 0.1) is 0 Å². The number of benzene rings is 1. The molecule has 2 fully saturated rings. The molecule has 2 aliphatic rings. The number of amides is 1. The van der Waals surface area contributed by atoms with Gasteiger partial charge in [0.2, 0.25) is 15.9 Å². The molecule has 2 saturated heterocycles. The number of carbonyl (C=O) groups is 1. The van der Waals surface area contributed by atoms with Crippen LogP contribution in [0.25, 0.3) is 0 Å². The van der Waals surface area contributed by atoms with E-state index in [1.807, 2.05) is 0 Å². The first kappa shape index (κ1) is 19.2. The van der Waals surface area contributed by atoms with E-state index < -0.39 is 10.0 Å². The first-order valence-electron chi connectivity index (χ1n) is 9.11. The van der Waals surface area contributed by atoms with Gasteiger partial charge < -0.3 is 9.64 Å². The second kappa shape index (κ2) is 7.69. The fourth-order valence-electron chi connectivity index (χ4n) is 3.31. The maximum Gasteiger partial charge on any atom is 0.254 e. The molecule has 3 heterocycles. The van der Waals surface area contributed by atoms with Gasteiger partial charge in [-0.3, -0.25) is 4.79 Å². The molecule has 0 N–H and O–H groups in total. The van der Waals surface area contributed by atoms with E-state index in [0.29, 0.717) is 42.6 Å². The highest BCUT2D eigenvalue weighted by molar-refractivity contribution is 7.89. The molecule has 1 aromatic carbocycles. The van der Waals surface area contributed by atoms with Crippen LogP contribution in [0.5, 0.6) is 5.88 Å². The second-order valence-electron chi connectivity index (χ2n) is 6.90. The normalized spacial score (nSPS) is 18.1. The molecule has 28 heavy (non-hydrogen) atoms. The molecule has 1 amide bonds. The van der Waals surface area contributed by atoms with Gasteiger partial charge in [-0.05, 0) is 43.2 Å². The maximum absolute atomic E-state index is 12.6. The molecule has 4 rings (SSSR count). The maximum atomic E-state index is 12.6. The van der Waals surface area contributed by atoms with E-state index in [4.69, 9.17) is 16.3 Å². The number of aromatic nitrogens is 1. The van der Waals surface area contributed by atoms with Crippen molar-refractivity contribution in [3.63, 3.8) is 0 Å². The summed E-state index contributed by atoms with van der Waals surface area (Å²) in [7, 11) is -3.47. The monoisotopic (exact) mass is 421 g/mol. The lowest BCUT2D eigenvalue weighted by molar-refractivity contribution is 0.0160. The lowest BCUT2D eigenvalue weighted by Gasteiger charge is -2.38. The Bertz CT molecular complexity index is 952. The number of nitrogens with zero attached hydrogens (tertiary/aromatic N) is 3. The number of sulfonamides is 1. The summed E-state index contributed by atoms with van der Waals surface area (Å²) >= 11 is 5.79. The van der Waals surface area contributed by atoms with Gasteiger partial charge in [-0.1, -0.05) is 11.6 Å². The van der Waals surface area contributed by atoms with Crippen LogP contribution in [0.4, 0.5) is 0 Å². The van der Waals surface area contributed by atoms with Crippen LogP contribution in [0.15, 0.2) is 47.5 Å². The van der Waals surface area contributed by atoms with Crippen LogP contribution >= 0.6 is 11.6 Å². The number of hydrogen-bond acceptors (Lipinski definition) is 5. The van der Waals surface area contributed by atoms with E-state index in [9.17, 15) is 13.2 Å². The molecule has 148 valence electrons. The van der Waals surface area contributed by atoms with Crippen molar-refractivity contribution in [2.45, 2.75) is 23.8 Å². The molecule has 2 aromatic rings. The Morgan fingerprint density at radius 3 is 2.36 bits per heavy atom. The Labute approximate surface area is 168 Å². The van der Waals surface area contributed by atoms with Crippen molar-refractivity contribution in [1.29, 1.82) is 0 Å². The third-order valence-electron chi connectivity index (χ3n) is 4.93. The van der Waals surface area contributed by atoms with E-state index >= 15 is 0 Å². The summed E-state index contributed by atoms with van der Waals surface area (Å²) in [6, 6.07) is 9.54. The molecule has 0 bridgehead atoms. The molecule has 0 aliphatic carbocycles. The summed E-state index contributed by atoms with van der Waals surface area (Å²) in [5.41, 5.74) is 0.462. The average Bonchev–Trinajstić information content (AvgIpc) is 3.21. The molecular weight excluding hydrogens is 402 g/mol. The highest BCUT2D eigenvalue weighted by Gasteiger charge is 2.33. The second-order valence-corrected chi connectivity index (χ2v) is 9.27. The smallest absolute Gasteiger partial charge is 0.254 e. The Morgan fingerprint density at radius 1 is 1.07 bits per heavy atom. The van der Waals surface area contributed by atoms with Gasteiger partial charge in [0, 0.05) is 30.9 Å². The third-order valence-corrected chi connectivity index (χ3v) is 7.06. The molecule has 0 radical (unpaired) electrons. The lowest BCUT2D eigenvalue weighted by Crippen LogP contribution is -2.56. The number of ether oxygens (including phenoxy) is 1. The van der Waals surface area contributed by atoms with Crippen LogP contribution in [-0.2, 0) is 10.0 Å². The van der Waals surface area contributed by atoms with Gasteiger partial charge in [0.25, 0.3) is 5.91 Å². The third kappa shape index (κ3) is 3.85. The fraction of sp³-hybridized carbons (Fsp3) is 0.368. The van der Waals surface area contributed by atoms with Gasteiger partial charge in [0.1, 0.15) is 6.10 Å². The van der Waals surface area contributed by atoms with Crippen molar-refractivity contribution in [3.8, 4) is 5.88 Å². The predicted molar refractivity (Wildman–Crippen MR) is 104 cm³/mol. The van der Waals surface area contributed by atoms with Gasteiger partial charge in [-0.25, -0.2) is 13.4 Å². The Kier molecular flexibility index (Phi) is 5.27. The Morgan fingerprint density at radius 2 is 1.75 bits per heavy atom. The molecule has 0 saturated carbocycles. The zero-order chi connectivity index (χ0) is 19.7. The number of pyridine rings is 1. The first-order chi connectivity index (χ1) is 13.4. The standard InChI is InChI=1S/C19H20ClN3O4S/c20-15-5-8-18(21-11-15)27-16-12-22(13-16)19(24)14-3-6-17(7-4-14)28(25,26)23-9-1-2-10-23/h3-8,11,16H,1-2,9-10,12-13H2. The van der Waals surface area contributed by atoms with E-state index in [1.54, 1.807) is 29.2 Å². The molecule has 0 spiro atoms. The molecule has 7 nitrogen and oxygen atoms in total. The molecule has 2 aliphatic heterocycles. The van der Waals surface area contributed by atoms with Crippen molar-refractivity contribution >= 4 is 27.5 Å². The lowest BCUT2D eigenvalue weighted by atomic mass is 10.1. The van der Waals surface area contributed by atoms with Crippen molar-refractivity contribution in [3.05, 3.63) is 53.2 Å². The SMILES string of the molecule is O=C(c1ccc(S(=O)(=O)N2CCCC2)cc1)N1CC(Oc2ccc(Cl)cn2)C1. The Hall–Kier alpha value is -2.16. The number of likely N-dealkylation sites (tertiary alicyclic amines) is 1. The van der Waals surface area contributed by atoms with Crippen molar-refractivity contribution in [1.82, 2.24) is 14.2 Å². The molecule has 1 aromatic heterocycles. The quantitative estimate of drug-likeness (QED) is 0.740. The zero-order valence-corrected chi connectivity index (χ0v) is 16.7. The predicted octanol–water partition coefficient (Wildman–Crippen LogP) is 2.42. The van der Waals surface area contributed by atoms with Crippen LogP contribution in [0.3, 0.4) is 0 Å². The molecule has 0 atom stereocenters. The summed E-state index contributed by atoms with van der Waals surface area (Å²) in [6.45, 7) is 2.02. The largest absolute Gasteiger partial charge is 0.471 e. The van der Waals surface area contributed by atoms with Gasteiger partial charge in [0.05, 0.1) is 23.0 Å². The first-order valence-corrected chi connectivity index (χ1v) is 10.9. The van der Waals surface area contributed by atoms with E-state index in [-0.39, 0.29) is 16.9 Å². The summed E-state index contributed by atoms with van der Waals surface area (Å²) in [5.74, 6) is 0.326. The van der Waals surface area contributed by atoms with E-state index in [2.05, 4.69) is 4.98 Å². The number of rotatable bonds is 5. The van der Waals surface area contributed by atoms with Crippen molar-refractivity contribution in [2.24, 2.45) is 0 Å². The minimum absolute atomic E-state index is 0.118. The van der Waals surface area contributed by atoms with Crippen LogP contribution in [0.2, 0.25) is 5.02 Å². The van der Waals surface area contributed by atoms with Gasteiger partial charge in [-0.15, -0.1) is 0 Å². The summed E-state index contributed by atoms with van der Waals surface area (Å²) in [6.07, 6.45) is 3.17. The summed E-state index contributed by atoms with van der Waals surface area (Å²) < 4.78 is 32.3. The molecule has 0 unspecified atom stereocenters. The molecule has 9 heteroatoms. The Balaban J connectivity index is 1.35. The van der Waals surface area contributed by atoms with Crippen molar-refractivity contribution in [2.75, 3.05) is 26.2 Å². The topological polar surface area (TPSA) is 79.8 Å². The number of hydrogen-bond donors (Lipinski definition) is 0. The van der Waals surface area contributed by atoms with Crippen LogP contribution < -0.4 is 4.74 Å². The summed E-state index contributed by atoms with van der Waals surface area (Å²) in [4.78, 5) is 18.5. The van der Waals surface area contributed by atoms with Gasteiger partial charge >= 0.3 is 0 Å². The highest BCUT2D eigenvalue weighted by atomic mass is 35.5. The fourth-order valence-corrected chi connectivity index (χ4v) is 4.94. The van der Waals surface area contributed by atoms with Crippen molar-refractivity contribution < 1.29 is 17.9 Å². The number of carbonyl (C=O) groups excluding carboxylic acids is 1. The van der Waals surface area contributed by atoms with E-state index in [0.717, 1.165) is 12.8 Å². The summed E-state index contributed by atoms with van der Waals surface area (Å²) in [5, 5.41) is 0.535. The van der Waals surface area contributed by atoms with Gasteiger partial charge in [0.15, 0.2) is 0 Å². The minimum atomic E-state index is -3.47. The average molecular weight is 422 g/mol. The van der Waals surface area contributed by atoms with Crippen LogP contribution in [0.1, 0.15) is 23.2 Å². The van der Waals surface area contributed by atoms with Gasteiger partial charge in [-0.2, -0.15) is 4.31 Å². The zero-order valence-electron chi connectivity index (χ0n) is 15.1.